The van der Waals surface area contributed by atoms with Crippen LogP contribution in [0, 0.1) is 0 Å². The number of ether oxygens (including phenoxy) is 1. The Kier molecular flexibility index (Phi) is 6.91. The Bertz CT molecular complexity index is 586. The maximum atomic E-state index is 12.3. The molecule has 1 N–H and O–H groups in total. The number of hydrogen-bond donors (Lipinski definition) is 1. The summed E-state index contributed by atoms with van der Waals surface area (Å²) < 4.78 is 5.22. The Balaban J connectivity index is 1.93. The van der Waals surface area contributed by atoms with Gasteiger partial charge in [0.1, 0.15) is 5.75 Å². The molecule has 1 aliphatic carbocycles. The van der Waals surface area contributed by atoms with Crippen LogP contribution in [0.15, 0.2) is 18.2 Å². The molecule has 5 nitrogen and oxygen atoms in total. The molecule has 1 aromatic carbocycles. The number of rotatable bonds is 6. The molecule has 6 heteroatoms. The van der Waals surface area contributed by atoms with Gasteiger partial charge in [-0.1, -0.05) is 30.9 Å². The highest BCUT2D eigenvalue weighted by Gasteiger charge is 2.23. The maximum Gasteiger partial charge on any atom is 0.226 e. The summed E-state index contributed by atoms with van der Waals surface area (Å²) in [6, 6.07) is 5.34. The molecule has 0 bridgehead atoms. The fourth-order valence-electron chi connectivity index (χ4n) is 3.20. The van der Waals surface area contributed by atoms with Gasteiger partial charge in [-0.15, -0.1) is 0 Å². The SMILES string of the molecule is COc1ccc(Cl)cc1NC(=O)CCN(C(C)=O)C1CCCCC1. The molecule has 0 saturated heterocycles. The second-order valence-electron chi connectivity index (χ2n) is 6.15. The fraction of sp³-hybridized carbons (Fsp3) is 0.556. The van der Waals surface area contributed by atoms with Gasteiger partial charge in [0.25, 0.3) is 0 Å². The summed E-state index contributed by atoms with van der Waals surface area (Å²) in [6.07, 6.45) is 5.86. The van der Waals surface area contributed by atoms with E-state index in [1.54, 1.807) is 32.2 Å². The Morgan fingerprint density at radius 3 is 2.62 bits per heavy atom. The third kappa shape index (κ3) is 5.13. The van der Waals surface area contributed by atoms with Crippen molar-refractivity contribution in [2.24, 2.45) is 0 Å². The van der Waals surface area contributed by atoms with Gasteiger partial charge in [-0.2, -0.15) is 0 Å². The van der Waals surface area contributed by atoms with E-state index < -0.39 is 0 Å². The van der Waals surface area contributed by atoms with Crippen LogP contribution in [0.25, 0.3) is 0 Å². The van der Waals surface area contributed by atoms with Crippen LogP contribution >= 0.6 is 11.6 Å². The molecule has 132 valence electrons. The second kappa shape index (κ2) is 8.92. The number of nitrogens with one attached hydrogen (secondary N) is 1. The number of methoxy groups -OCH3 is 1. The first-order chi connectivity index (χ1) is 11.5. The molecule has 0 aromatic heterocycles. The van der Waals surface area contributed by atoms with Crippen LogP contribution < -0.4 is 10.1 Å². The first kappa shape index (κ1) is 18.6. The topological polar surface area (TPSA) is 58.6 Å². The Morgan fingerprint density at radius 2 is 2.00 bits per heavy atom. The zero-order chi connectivity index (χ0) is 17.5. The quantitative estimate of drug-likeness (QED) is 0.845. The van der Waals surface area contributed by atoms with Crippen molar-refractivity contribution in [3.05, 3.63) is 23.2 Å². The van der Waals surface area contributed by atoms with Crippen molar-refractivity contribution in [2.75, 3.05) is 19.0 Å². The van der Waals surface area contributed by atoms with E-state index in [1.165, 1.54) is 6.42 Å². The molecule has 0 atom stereocenters. The van der Waals surface area contributed by atoms with Crippen LogP contribution in [0.4, 0.5) is 5.69 Å². The number of hydrogen-bond acceptors (Lipinski definition) is 3. The minimum atomic E-state index is -0.155. The summed E-state index contributed by atoms with van der Waals surface area (Å²) >= 11 is 5.97. The smallest absolute Gasteiger partial charge is 0.226 e. The van der Waals surface area contributed by atoms with Crippen molar-refractivity contribution in [1.29, 1.82) is 0 Å². The van der Waals surface area contributed by atoms with Crippen LogP contribution in [0.3, 0.4) is 0 Å². The van der Waals surface area contributed by atoms with Crippen LogP contribution in [-0.2, 0) is 9.59 Å². The monoisotopic (exact) mass is 352 g/mol. The molecular weight excluding hydrogens is 328 g/mol. The standard InChI is InChI=1S/C18H25ClN2O3/c1-13(22)21(15-6-4-3-5-7-15)11-10-18(23)20-16-12-14(19)8-9-17(16)24-2/h8-9,12,15H,3-7,10-11H2,1-2H3,(H,20,23). The lowest BCUT2D eigenvalue weighted by atomic mass is 9.94. The Labute approximate surface area is 148 Å². The largest absolute Gasteiger partial charge is 0.495 e. The minimum absolute atomic E-state index is 0.0371. The number of halogens is 1. The van der Waals surface area contributed by atoms with Gasteiger partial charge in [-0.3, -0.25) is 9.59 Å². The van der Waals surface area contributed by atoms with Crippen LogP contribution in [0.5, 0.6) is 5.75 Å². The average molecular weight is 353 g/mol. The minimum Gasteiger partial charge on any atom is -0.495 e. The molecule has 0 heterocycles. The van der Waals surface area contributed by atoms with Gasteiger partial charge >= 0.3 is 0 Å². The molecule has 24 heavy (non-hydrogen) atoms. The molecule has 0 aliphatic heterocycles. The fourth-order valence-corrected chi connectivity index (χ4v) is 3.37. The van der Waals surface area contributed by atoms with Crippen molar-refractivity contribution in [2.45, 2.75) is 51.5 Å². The maximum absolute atomic E-state index is 12.3. The summed E-state index contributed by atoms with van der Waals surface area (Å²) in [7, 11) is 1.54. The number of carbonyl (C=O) groups is 2. The van der Waals surface area contributed by atoms with Crippen LogP contribution in [0.1, 0.15) is 45.4 Å². The first-order valence-electron chi connectivity index (χ1n) is 8.42. The van der Waals surface area contributed by atoms with Gasteiger partial charge in [0.15, 0.2) is 0 Å². The van der Waals surface area contributed by atoms with E-state index in [0.29, 0.717) is 23.0 Å². The summed E-state index contributed by atoms with van der Waals surface area (Å²) in [5.74, 6) is 0.441. The average Bonchev–Trinajstić information content (AvgIpc) is 2.56. The Hall–Kier alpha value is -1.75. The molecule has 2 rings (SSSR count). The zero-order valence-corrected chi connectivity index (χ0v) is 15.1. The number of carbonyl (C=O) groups excluding carboxylic acids is 2. The zero-order valence-electron chi connectivity index (χ0n) is 14.3. The molecule has 1 aromatic rings. The molecule has 1 saturated carbocycles. The highest BCUT2D eigenvalue weighted by Crippen LogP contribution is 2.28. The summed E-state index contributed by atoms with van der Waals surface area (Å²) in [5.41, 5.74) is 0.544. The molecule has 1 aliphatic rings. The van der Waals surface area contributed by atoms with Crippen molar-refractivity contribution in [1.82, 2.24) is 4.90 Å². The lowest BCUT2D eigenvalue weighted by molar-refractivity contribution is -0.132. The second-order valence-corrected chi connectivity index (χ2v) is 6.58. The number of nitrogens with zero attached hydrogens (tertiary/aromatic N) is 1. The van der Waals surface area contributed by atoms with E-state index in [2.05, 4.69) is 5.32 Å². The predicted octanol–water partition coefficient (Wildman–Crippen LogP) is 3.86. The molecule has 0 spiro atoms. The van der Waals surface area contributed by atoms with Gasteiger partial charge in [-0.25, -0.2) is 0 Å². The van der Waals surface area contributed by atoms with Gasteiger partial charge in [0.05, 0.1) is 12.8 Å². The van der Waals surface area contributed by atoms with Gasteiger partial charge in [-0.05, 0) is 31.0 Å². The normalized spacial score (nSPS) is 15.0. The van der Waals surface area contributed by atoms with E-state index in [4.69, 9.17) is 16.3 Å². The lowest BCUT2D eigenvalue weighted by Gasteiger charge is -2.33. The number of benzene rings is 1. The first-order valence-corrected chi connectivity index (χ1v) is 8.79. The van der Waals surface area contributed by atoms with E-state index in [-0.39, 0.29) is 24.3 Å². The summed E-state index contributed by atoms with van der Waals surface area (Å²) in [6.45, 7) is 2.02. The number of anilines is 1. The number of amides is 2. The van der Waals surface area contributed by atoms with Crippen molar-refractivity contribution in [3.8, 4) is 5.75 Å². The van der Waals surface area contributed by atoms with Crippen molar-refractivity contribution in [3.63, 3.8) is 0 Å². The summed E-state index contributed by atoms with van der Waals surface area (Å²) in [4.78, 5) is 26.0. The lowest BCUT2D eigenvalue weighted by Crippen LogP contribution is -2.41. The highest BCUT2D eigenvalue weighted by molar-refractivity contribution is 6.31. The van der Waals surface area contributed by atoms with Crippen molar-refractivity contribution >= 4 is 29.1 Å². The van der Waals surface area contributed by atoms with Gasteiger partial charge < -0.3 is 15.0 Å². The van der Waals surface area contributed by atoms with E-state index in [1.807, 2.05) is 4.90 Å². The van der Waals surface area contributed by atoms with E-state index in [0.717, 1.165) is 25.7 Å². The molecule has 1 fully saturated rings. The summed E-state index contributed by atoms with van der Waals surface area (Å²) in [5, 5.41) is 3.34. The third-order valence-corrected chi connectivity index (χ3v) is 4.67. The van der Waals surface area contributed by atoms with E-state index >= 15 is 0 Å². The van der Waals surface area contributed by atoms with E-state index in [9.17, 15) is 9.59 Å². The highest BCUT2D eigenvalue weighted by atomic mass is 35.5. The third-order valence-electron chi connectivity index (χ3n) is 4.44. The van der Waals surface area contributed by atoms with Gasteiger partial charge in [0, 0.05) is 31.0 Å². The molecular formula is C18H25ClN2O3. The molecule has 0 radical (unpaired) electrons. The van der Waals surface area contributed by atoms with Gasteiger partial charge in [0.2, 0.25) is 11.8 Å². The Morgan fingerprint density at radius 1 is 1.29 bits per heavy atom. The van der Waals surface area contributed by atoms with Crippen molar-refractivity contribution < 1.29 is 14.3 Å². The molecule has 0 unspecified atom stereocenters. The van der Waals surface area contributed by atoms with Crippen LogP contribution in [-0.4, -0.2) is 36.4 Å². The van der Waals surface area contributed by atoms with Crippen LogP contribution in [0.2, 0.25) is 5.02 Å². The molecule has 2 amide bonds. The predicted molar refractivity (Wildman–Crippen MR) is 95.5 cm³/mol.